The zero-order valence-corrected chi connectivity index (χ0v) is 11.8. The Kier molecular flexibility index (Phi) is 3.51. The fourth-order valence-corrected chi connectivity index (χ4v) is 3.49. The van der Waals surface area contributed by atoms with E-state index in [2.05, 4.69) is 9.88 Å². The van der Waals surface area contributed by atoms with Gasteiger partial charge in [0.2, 0.25) is 0 Å². The zero-order chi connectivity index (χ0) is 14.1. The molecule has 0 radical (unpaired) electrons. The Balaban J connectivity index is 1.87. The molecule has 0 spiro atoms. The van der Waals surface area contributed by atoms with Crippen LogP contribution in [-0.2, 0) is 4.74 Å². The van der Waals surface area contributed by atoms with Crippen molar-refractivity contribution < 1.29 is 9.53 Å². The molecule has 2 N–H and O–H groups in total. The molecule has 108 valence electrons. The van der Waals surface area contributed by atoms with Gasteiger partial charge < -0.3 is 15.4 Å². The normalized spacial score (nSPS) is 24.8. The lowest BCUT2D eigenvalue weighted by Gasteiger charge is -2.21. The quantitative estimate of drug-likeness (QED) is 0.855. The van der Waals surface area contributed by atoms with Crippen molar-refractivity contribution in [1.82, 2.24) is 4.98 Å². The Morgan fingerprint density at radius 1 is 1.45 bits per heavy atom. The number of hydrogen-bond acceptors (Lipinski definition) is 5. The van der Waals surface area contributed by atoms with Crippen molar-refractivity contribution in [3.05, 3.63) is 17.8 Å². The van der Waals surface area contributed by atoms with Crippen LogP contribution < -0.4 is 10.6 Å². The summed E-state index contributed by atoms with van der Waals surface area (Å²) < 4.78 is 5.12. The summed E-state index contributed by atoms with van der Waals surface area (Å²) in [6.07, 6.45) is 5.55. The molecule has 3 rings (SSSR count). The number of carbonyl (C=O) groups excluding carboxylic acids is 1. The molecule has 0 bridgehead atoms. The molecule has 1 aromatic heterocycles. The van der Waals surface area contributed by atoms with Crippen molar-refractivity contribution in [2.24, 2.45) is 11.8 Å². The highest BCUT2D eigenvalue weighted by atomic mass is 16.5. The van der Waals surface area contributed by atoms with Gasteiger partial charge in [-0.1, -0.05) is 6.42 Å². The van der Waals surface area contributed by atoms with E-state index in [0.29, 0.717) is 17.9 Å². The first-order valence-corrected chi connectivity index (χ1v) is 7.36. The van der Waals surface area contributed by atoms with Crippen LogP contribution in [0.3, 0.4) is 0 Å². The second-order valence-electron chi connectivity index (χ2n) is 5.72. The summed E-state index contributed by atoms with van der Waals surface area (Å²) in [7, 11) is 0. The second kappa shape index (κ2) is 5.31. The molecule has 1 aliphatic carbocycles. The van der Waals surface area contributed by atoms with E-state index in [-0.39, 0.29) is 5.97 Å². The first kappa shape index (κ1) is 13.2. The SMILES string of the molecule is CCOC(=O)c1cc(N)cnc1N1CC2CCCC2C1. The van der Waals surface area contributed by atoms with Crippen molar-refractivity contribution in [1.29, 1.82) is 0 Å². The van der Waals surface area contributed by atoms with Crippen LogP contribution in [-0.4, -0.2) is 30.6 Å². The molecule has 1 aliphatic heterocycles. The molecule has 2 fully saturated rings. The number of hydrogen-bond donors (Lipinski definition) is 1. The minimum atomic E-state index is -0.334. The van der Waals surface area contributed by atoms with Gasteiger partial charge in [0.1, 0.15) is 11.4 Å². The maximum Gasteiger partial charge on any atom is 0.341 e. The van der Waals surface area contributed by atoms with Crippen molar-refractivity contribution in [2.45, 2.75) is 26.2 Å². The van der Waals surface area contributed by atoms with Crippen molar-refractivity contribution in [3.8, 4) is 0 Å². The molecular formula is C15H21N3O2. The molecule has 5 heteroatoms. The molecular weight excluding hydrogens is 254 g/mol. The summed E-state index contributed by atoms with van der Waals surface area (Å²) >= 11 is 0. The van der Waals surface area contributed by atoms with E-state index in [0.717, 1.165) is 30.7 Å². The number of aromatic nitrogens is 1. The number of nitrogens with zero attached hydrogens (tertiary/aromatic N) is 2. The highest BCUT2D eigenvalue weighted by Crippen LogP contribution is 2.40. The number of nitrogens with two attached hydrogens (primary N) is 1. The molecule has 0 aromatic carbocycles. The Morgan fingerprint density at radius 3 is 2.80 bits per heavy atom. The Bertz CT molecular complexity index is 506. The van der Waals surface area contributed by atoms with E-state index in [9.17, 15) is 4.79 Å². The summed E-state index contributed by atoms with van der Waals surface area (Å²) in [6.45, 7) is 4.15. The van der Waals surface area contributed by atoms with Gasteiger partial charge in [-0.15, -0.1) is 0 Å². The van der Waals surface area contributed by atoms with Gasteiger partial charge in [0.05, 0.1) is 18.5 Å². The highest BCUT2D eigenvalue weighted by Gasteiger charge is 2.37. The fourth-order valence-electron chi connectivity index (χ4n) is 3.49. The van der Waals surface area contributed by atoms with Crippen LogP contribution in [0.4, 0.5) is 11.5 Å². The van der Waals surface area contributed by atoms with Gasteiger partial charge in [0, 0.05) is 13.1 Å². The molecule has 0 amide bonds. The fraction of sp³-hybridized carbons (Fsp3) is 0.600. The van der Waals surface area contributed by atoms with Gasteiger partial charge in [-0.25, -0.2) is 9.78 Å². The third-order valence-corrected chi connectivity index (χ3v) is 4.41. The Morgan fingerprint density at radius 2 is 2.15 bits per heavy atom. The lowest BCUT2D eigenvalue weighted by Crippen LogP contribution is -2.25. The lowest BCUT2D eigenvalue weighted by molar-refractivity contribution is 0.0526. The third-order valence-electron chi connectivity index (χ3n) is 4.41. The Labute approximate surface area is 119 Å². The largest absolute Gasteiger partial charge is 0.462 e. The van der Waals surface area contributed by atoms with Crippen LogP contribution in [0.25, 0.3) is 0 Å². The van der Waals surface area contributed by atoms with Gasteiger partial charge in [-0.05, 0) is 37.7 Å². The number of nitrogen functional groups attached to an aromatic ring is 1. The van der Waals surface area contributed by atoms with E-state index in [4.69, 9.17) is 10.5 Å². The summed E-state index contributed by atoms with van der Waals surface area (Å²) in [5.74, 6) is 1.90. The molecule has 5 nitrogen and oxygen atoms in total. The zero-order valence-electron chi connectivity index (χ0n) is 11.8. The van der Waals surface area contributed by atoms with Gasteiger partial charge >= 0.3 is 5.97 Å². The van der Waals surface area contributed by atoms with E-state index in [1.54, 1.807) is 19.2 Å². The molecule has 2 heterocycles. The van der Waals surface area contributed by atoms with Crippen molar-refractivity contribution in [3.63, 3.8) is 0 Å². The third kappa shape index (κ3) is 2.32. The van der Waals surface area contributed by atoms with Crippen LogP contribution >= 0.6 is 0 Å². The molecule has 2 unspecified atom stereocenters. The minimum absolute atomic E-state index is 0.334. The topological polar surface area (TPSA) is 68.5 Å². The van der Waals surface area contributed by atoms with Crippen molar-refractivity contribution >= 4 is 17.5 Å². The molecule has 2 aliphatic rings. The van der Waals surface area contributed by atoms with Gasteiger partial charge in [-0.2, -0.15) is 0 Å². The Hall–Kier alpha value is -1.78. The van der Waals surface area contributed by atoms with E-state index in [1.807, 2.05) is 0 Å². The van der Waals surface area contributed by atoms with Crippen LogP contribution in [0.5, 0.6) is 0 Å². The van der Waals surface area contributed by atoms with Crippen molar-refractivity contribution in [2.75, 3.05) is 30.3 Å². The molecule has 1 aromatic rings. The molecule has 1 saturated heterocycles. The van der Waals surface area contributed by atoms with Crippen LogP contribution in [0.2, 0.25) is 0 Å². The summed E-state index contributed by atoms with van der Waals surface area (Å²) in [4.78, 5) is 18.7. The van der Waals surface area contributed by atoms with Gasteiger partial charge in [0.25, 0.3) is 0 Å². The van der Waals surface area contributed by atoms with Crippen LogP contribution in [0, 0.1) is 11.8 Å². The highest BCUT2D eigenvalue weighted by molar-refractivity contribution is 5.95. The summed E-state index contributed by atoms with van der Waals surface area (Å²) in [6, 6.07) is 1.68. The van der Waals surface area contributed by atoms with Gasteiger partial charge in [-0.3, -0.25) is 0 Å². The average Bonchev–Trinajstić information content (AvgIpc) is 2.99. The second-order valence-corrected chi connectivity index (χ2v) is 5.72. The van der Waals surface area contributed by atoms with E-state index < -0.39 is 0 Å². The number of ether oxygens (including phenoxy) is 1. The van der Waals surface area contributed by atoms with E-state index >= 15 is 0 Å². The number of anilines is 2. The smallest absolute Gasteiger partial charge is 0.341 e. The van der Waals surface area contributed by atoms with Crippen LogP contribution in [0.1, 0.15) is 36.5 Å². The maximum absolute atomic E-state index is 12.1. The number of pyridine rings is 1. The predicted molar refractivity (Wildman–Crippen MR) is 77.6 cm³/mol. The molecule has 20 heavy (non-hydrogen) atoms. The number of rotatable bonds is 3. The number of carbonyl (C=O) groups is 1. The molecule has 1 saturated carbocycles. The minimum Gasteiger partial charge on any atom is -0.462 e. The first-order valence-electron chi connectivity index (χ1n) is 7.36. The predicted octanol–water partition coefficient (Wildman–Crippen LogP) is 2.08. The first-order chi connectivity index (χ1) is 9.69. The monoisotopic (exact) mass is 275 g/mol. The summed E-state index contributed by atoms with van der Waals surface area (Å²) in [5.41, 5.74) is 6.75. The number of fused-ring (bicyclic) bond motifs is 1. The molecule has 2 atom stereocenters. The maximum atomic E-state index is 12.1. The van der Waals surface area contributed by atoms with Gasteiger partial charge in [0.15, 0.2) is 0 Å². The van der Waals surface area contributed by atoms with Crippen LogP contribution in [0.15, 0.2) is 12.3 Å². The number of esters is 1. The summed E-state index contributed by atoms with van der Waals surface area (Å²) in [5, 5.41) is 0. The van der Waals surface area contributed by atoms with E-state index in [1.165, 1.54) is 19.3 Å². The average molecular weight is 275 g/mol. The lowest BCUT2D eigenvalue weighted by atomic mass is 10.0. The standard InChI is InChI=1S/C15H21N3O2/c1-2-20-15(19)13-6-12(16)7-17-14(13)18-8-10-4-3-5-11(10)9-18/h6-7,10-11H,2-5,8-9,16H2,1H3.